The molecule has 2 fully saturated rings. The number of rotatable bonds is 2. The van der Waals surface area contributed by atoms with Crippen LogP contribution in [0.25, 0.3) is 0 Å². The predicted molar refractivity (Wildman–Crippen MR) is 109 cm³/mol. The van der Waals surface area contributed by atoms with Gasteiger partial charge in [-0.2, -0.15) is 0 Å². The van der Waals surface area contributed by atoms with Gasteiger partial charge in [0.25, 0.3) is 5.91 Å². The number of nitrogens with zero attached hydrogens (tertiary/aromatic N) is 3. The van der Waals surface area contributed by atoms with Gasteiger partial charge in [-0.25, -0.2) is 0 Å². The van der Waals surface area contributed by atoms with Crippen molar-refractivity contribution in [1.29, 1.82) is 0 Å². The van der Waals surface area contributed by atoms with Gasteiger partial charge in [-0.05, 0) is 31.5 Å². The molecule has 2 unspecified atom stereocenters. The van der Waals surface area contributed by atoms with Gasteiger partial charge in [0.2, 0.25) is 5.91 Å². The molecule has 27 heavy (non-hydrogen) atoms. The van der Waals surface area contributed by atoms with E-state index in [4.69, 9.17) is 0 Å². The number of piperazine rings is 1. The molecule has 0 radical (unpaired) electrons. The second kappa shape index (κ2) is 8.04. The van der Waals surface area contributed by atoms with Crippen molar-refractivity contribution in [3.05, 3.63) is 23.8 Å². The second-order valence-electron chi connectivity index (χ2n) is 7.49. The Labute approximate surface area is 166 Å². The van der Waals surface area contributed by atoms with Crippen LogP contribution >= 0.6 is 12.4 Å². The van der Waals surface area contributed by atoms with E-state index in [9.17, 15) is 9.59 Å². The van der Waals surface area contributed by atoms with Gasteiger partial charge < -0.3 is 20.4 Å². The quantitative estimate of drug-likeness (QED) is 0.784. The number of fused-ring (bicyclic) bond motifs is 1. The fourth-order valence-corrected chi connectivity index (χ4v) is 4.15. The monoisotopic (exact) mass is 393 g/mol. The van der Waals surface area contributed by atoms with Crippen molar-refractivity contribution in [3.63, 3.8) is 0 Å². The third-order valence-corrected chi connectivity index (χ3v) is 5.96. The highest BCUT2D eigenvalue weighted by molar-refractivity contribution is 6.05. The Morgan fingerprint density at radius 1 is 1.19 bits per heavy atom. The number of amides is 2. The predicted octanol–water partition coefficient (Wildman–Crippen LogP) is 1.00. The molecule has 4 rings (SSSR count). The average molecular weight is 394 g/mol. The van der Waals surface area contributed by atoms with Gasteiger partial charge in [-0.1, -0.05) is 0 Å². The number of carbonyl (C=O) groups is 2. The molecule has 148 valence electrons. The lowest BCUT2D eigenvalue weighted by molar-refractivity contribution is -0.117. The maximum Gasteiger partial charge on any atom is 0.253 e. The summed E-state index contributed by atoms with van der Waals surface area (Å²) in [6.45, 7) is 7.64. The van der Waals surface area contributed by atoms with Gasteiger partial charge in [-0.3, -0.25) is 14.5 Å². The molecule has 0 aliphatic carbocycles. The lowest BCUT2D eigenvalue weighted by Crippen LogP contribution is -2.49. The van der Waals surface area contributed by atoms with Crippen molar-refractivity contribution < 1.29 is 9.59 Å². The molecule has 2 N–H and O–H groups in total. The summed E-state index contributed by atoms with van der Waals surface area (Å²) in [5.74, 6) is 0.0190. The number of anilines is 2. The molecule has 3 aliphatic rings. The van der Waals surface area contributed by atoms with Crippen LogP contribution in [0.4, 0.5) is 11.4 Å². The Kier molecular flexibility index (Phi) is 5.93. The third-order valence-electron chi connectivity index (χ3n) is 5.96. The van der Waals surface area contributed by atoms with E-state index in [1.54, 1.807) is 0 Å². The van der Waals surface area contributed by atoms with Gasteiger partial charge in [-0.15, -0.1) is 12.4 Å². The Morgan fingerprint density at radius 3 is 2.67 bits per heavy atom. The van der Waals surface area contributed by atoms with Gasteiger partial charge in [0.15, 0.2) is 0 Å². The van der Waals surface area contributed by atoms with Crippen molar-refractivity contribution in [2.75, 3.05) is 56.5 Å². The van der Waals surface area contributed by atoms with Crippen molar-refractivity contribution in [2.45, 2.75) is 25.4 Å². The first-order valence-corrected chi connectivity index (χ1v) is 9.46. The topological polar surface area (TPSA) is 67.9 Å². The van der Waals surface area contributed by atoms with Crippen LogP contribution in [-0.4, -0.2) is 80.0 Å². The standard InChI is InChI=1S/C19H27N5O2.ClH/c1-13-18(25)21-16-11-14(3-4-17(16)22(13)2)19(26)24-8-5-15(12-24)23-9-6-20-7-10-23;/h3-4,11,13,15,20H,5-10,12H2,1-2H3,(H,21,25);1H. The van der Waals surface area contributed by atoms with Gasteiger partial charge in [0.1, 0.15) is 6.04 Å². The van der Waals surface area contributed by atoms with Crippen LogP contribution in [-0.2, 0) is 4.79 Å². The smallest absolute Gasteiger partial charge is 0.253 e. The average Bonchev–Trinajstić information content (AvgIpc) is 3.16. The fourth-order valence-electron chi connectivity index (χ4n) is 4.15. The van der Waals surface area contributed by atoms with Gasteiger partial charge >= 0.3 is 0 Å². The molecule has 3 aliphatic heterocycles. The number of benzene rings is 1. The highest BCUT2D eigenvalue weighted by Crippen LogP contribution is 2.32. The zero-order valence-corrected chi connectivity index (χ0v) is 16.7. The molecule has 1 aromatic rings. The molecular formula is C19H28ClN5O2. The number of likely N-dealkylation sites (tertiary alicyclic amines) is 1. The molecule has 7 nitrogen and oxygen atoms in total. The van der Waals surface area contributed by atoms with Crippen LogP contribution in [0.1, 0.15) is 23.7 Å². The molecule has 2 amide bonds. The normalized spacial score (nSPS) is 25.6. The highest BCUT2D eigenvalue weighted by Gasteiger charge is 2.32. The molecule has 1 aromatic carbocycles. The zero-order chi connectivity index (χ0) is 18.3. The molecule has 2 saturated heterocycles. The largest absolute Gasteiger partial charge is 0.361 e. The Balaban J connectivity index is 0.00000210. The van der Waals surface area contributed by atoms with E-state index in [0.29, 0.717) is 11.6 Å². The molecule has 2 atom stereocenters. The minimum atomic E-state index is -0.206. The molecule has 0 saturated carbocycles. The van der Waals surface area contributed by atoms with Crippen molar-refractivity contribution in [2.24, 2.45) is 0 Å². The summed E-state index contributed by atoms with van der Waals surface area (Å²) in [5.41, 5.74) is 2.32. The summed E-state index contributed by atoms with van der Waals surface area (Å²) < 4.78 is 0. The molecular weight excluding hydrogens is 366 g/mol. The number of likely N-dealkylation sites (N-methyl/N-ethyl adjacent to an activating group) is 1. The van der Waals surface area contributed by atoms with Gasteiger partial charge in [0.05, 0.1) is 11.4 Å². The molecule has 0 aromatic heterocycles. The Hall–Kier alpha value is -1.83. The number of nitrogens with one attached hydrogen (secondary N) is 2. The SMILES string of the molecule is CC1C(=O)Nc2cc(C(=O)N3CCC(N4CCNCC4)C3)ccc2N1C.Cl. The first-order valence-electron chi connectivity index (χ1n) is 9.46. The fraction of sp³-hybridized carbons (Fsp3) is 0.579. The summed E-state index contributed by atoms with van der Waals surface area (Å²) in [7, 11) is 1.91. The Morgan fingerprint density at radius 2 is 1.93 bits per heavy atom. The van der Waals surface area contributed by atoms with Crippen molar-refractivity contribution in [1.82, 2.24) is 15.1 Å². The van der Waals surface area contributed by atoms with E-state index in [-0.39, 0.29) is 30.3 Å². The summed E-state index contributed by atoms with van der Waals surface area (Å²) in [6.07, 6.45) is 1.04. The zero-order valence-electron chi connectivity index (χ0n) is 15.9. The van der Waals surface area contributed by atoms with E-state index in [1.807, 2.05) is 42.0 Å². The first-order chi connectivity index (χ1) is 12.5. The maximum atomic E-state index is 13.0. The lowest BCUT2D eigenvalue weighted by atomic mass is 10.1. The second-order valence-corrected chi connectivity index (χ2v) is 7.49. The van der Waals surface area contributed by atoms with Gasteiger partial charge in [0, 0.05) is 57.9 Å². The van der Waals surface area contributed by atoms with Crippen LogP contribution in [0.2, 0.25) is 0 Å². The third kappa shape index (κ3) is 3.77. The van der Waals surface area contributed by atoms with Crippen LogP contribution in [0.15, 0.2) is 18.2 Å². The number of hydrogen-bond acceptors (Lipinski definition) is 5. The maximum absolute atomic E-state index is 13.0. The minimum Gasteiger partial charge on any atom is -0.361 e. The molecule has 3 heterocycles. The van der Waals surface area contributed by atoms with E-state index in [0.717, 1.165) is 57.1 Å². The number of halogens is 1. The summed E-state index contributed by atoms with van der Waals surface area (Å²) >= 11 is 0. The molecule has 8 heteroatoms. The van der Waals surface area contributed by atoms with Crippen LogP contribution in [0.3, 0.4) is 0 Å². The first kappa shape index (κ1) is 19.9. The highest BCUT2D eigenvalue weighted by atomic mass is 35.5. The minimum absolute atomic E-state index is 0. The van der Waals surface area contributed by atoms with E-state index in [1.165, 1.54) is 0 Å². The number of carbonyl (C=O) groups excluding carboxylic acids is 2. The Bertz CT molecular complexity index is 722. The summed E-state index contributed by atoms with van der Waals surface area (Å²) in [6, 6.07) is 5.88. The van der Waals surface area contributed by atoms with Crippen molar-refractivity contribution >= 4 is 35.6 Å². The van der Waals surface area contributed by atoms with Crippen LogP contribution in [0.5, 0.6) is 0 Å². The summed E-state index contributed by atoms with van der Waals surface area (Å²) in [4.78, 5) is 31.4. The van der Waals surface area contributed by atoms with Crippen LogP contribution < -0.4 is 15.5 Å². The molecule has 0 spiro atoms. The van der Waals surface area contributed by atoms with Crippen LogP contribution in [0, 0.1) is 0 Å². The number of hydrogen-bond donors (Lipinski definition) is 2. The van der Waals surface area contributed by atoms with Crippen molar-refractivity contribution in [3.8, 4) is 0 Å². The van der Waals surface area contributed by atoms with E-state index >= 15 is 0 Å². The summed E-state index contributed by atoms with van der Waals surface area (Å²) in [5, 5.41) is 6.30. The van der Waals surface area contributed by atoms with E-state index < -0.39 is 0 Å². The van der Waals surface area contributed by atoms with E-state index in [2.05, 4.69) is 15.5 Å². The molecule has 0 bridgehead atoms. The lowest BCUT2D eigenvalue weighted by Gasteiger charge is -2.33.